The van der Waals surface area contributed by atoms with Gasteiger partial charge < -0.3 is 4.74 Å². The number of piperazine rings is 1. The Morgan fingerprint density at radius 1 is 1.17 bits per heavy atom. The molecule has 1 fully saturated rings. The lowest BCUT2D eigenvalue weighted by Gasteiger charge is -2.39. The Morgan fingerprint density at radius 3 is 2.30 bits per heavy atom. The molecule has 7 heteroatoms. The molecule has 0 N–H and O–H groups in total. The summed E-state index contributed by atoms with van der Waals surface area (Å²) in [5, 5.41) is 0. The molecule has 0 radical (unpaired) electrons. The zero-order chi connectivity index (χ0) is 17.2. The highest BCUT2D eigenvalue weighted by molar-refractivity contribution is 7.86. The highest BCUT2D eigenvalue weighted by atomic mass is 32.2. The topological polar surface area (TPSA) is 53.1 Å². The Bertz CT molecular complexity index is 614. The van der Waals surface area contributed by atoms with Gasteiger partial charge in [-0.05, 0) is 38.6 Å². The van der Waals surface area contributed by atoms with Crippen LogP contribution < -0.4 is 4.74 Å². The van der Waals surface area contributed by atoms with E-state index in [-0.39, 0.29) is 12.1 Å². The predicted molar refractivity (Wildman–Crippen MR) is 91.8 cm³/mol. The molecule has 1 atom stereocenters. The van der Waals surface area contributed by atoms with Crippen LogP contribution in [-0.2, 0) is 10.2 Å². The third-order valence-corrected chi connectivity index (χ3v) is 5.94. The second-order valence-corrected chi connectivity index (χ2v) is 8.52. The maximum absolute atomic E-state index is 12.4. The van der Waals surface area contributed by atoms with Gasteiger partial charge in [-0.1, -0.05) is 12.1 Å². The summed E-state index contributed by atoms with van der Waals surface area (Å²) in [5.74, 6) is 0.833. The first kappa shape index (κ1) is 18.2. The maximum Gasteiger partial charge on any atom is 0.281 e. The summed E-state index contributed by atoms with van der Waals surface area (Å²) in [6.07, 6.45) is 0.138. The maximum atomic E-state index is 12.4. The lowest BCUT2D eigenvalue weighted by atomic mass is 10.0. The average molecular weight is 341 g/mol. The minimum atomic E-state index is -3.37. The fraction of sp³-hybridized carbons (Fsp3) is 0.625. The van der Waals surface area contributed by atoms with Crippen molar-refractivity contribution in [1.29, 1.82) is 0 Å². The molecule has 23 heavy (non-hydrogen) atoms. The molecule has 0 saturated carbocycles. The van der Waals surface area contributed by atoms with Crippen LogP contribution in [0.15, 0.2) is 24.3 Å². The summed E-state index contributed by atoms with van der Waals surface area (Å²) in [6.45, 7) is 5.67. The highest BCUT2D eigenvalue weighted by Gasteiger charge is 2.33. The van der Waals surface area contributed by atoms with E-state index in [9.17, 15) is 8.42 Å². The van der Waals surface area contributed by atoms with E-state index in [1.807, 2.05) is 45.2 Å². The molecule has 1 saturated heterocycles. The van der Waals surface area contributed by atoms with Crippen molar-refractivity contribution in [3.05, 3.63) is 29.8 Å². The Hall–Kier alpha value is -1.15. The van der Waals surface area contributed by atoms with Crippen molar-refractivity contribution in [3.8, 4) is 5.75 Å². The lowest BCUT2D eigenvalue weighted by Crippen LogP contribution is -2.51. The standard InChI is InChI=1S/C16H27N3O3S/c1-13(2)22-15-8-6-14(7-9-15)16-12-19(11-10-18(16)5)23(20,21)17(3)4/h6-9,13,16H,10-12H2,1-5H3/t16-/m1/s1. The normalized spacial score (nSPS) is 21.1. The van der Waals surface area contributed by atoms with E-state index in [2.05, 4.69) is 4.90 Å². The molecule has 1 aromatic carbocycles. The van der Waals surface area contributed by atoms with Crippen molar-refractivity contribution in [2.45, 2.75) is 26.0 Å². The van der Waals surface area contributed by atoms with Crippen LogP contribution in [0.1, 0.15) is 25.5 Å². The number of hydrogen-bond donors (Lipinski definition) is 0. The molecule has 1 heterocycles. The monoisotopic (exact) mass is 341 g/mol. The van der Waals surface area contributed by atoms with Crippen LogP contribution in [0.2, 0.25) is 0 Å². The predicted octanol–water partition coefficient (Wildman–Crippen LogP) is 1.57. The van der Waals surface area contributed by atoms with Crippen LogP contribution in [0.25, 0.3) is 0 Å². The van der Waals surface area contributed by atoms with E-state index < -0.39 is 10.2 Å². The molecular formula is C16H27N3O3S. The van der Waals surface area contributed by atoms with Crippen LogP contribution >= 0.6 is 0 Å². The van der Waals surface area contributed by atoms with Crippen LogP contribution in [0.3, 0.4) is 0 Å². The van der Waals surface area contributed by atoms with Gasteiger partial charge in [-0.15, -0.1) is 0 Å². The molecule has 1 aromatic rings. The molecule has 6 nitrogen and oxygen atoms in total. The van der Waals surface area contributed by atoms with Gasteiger partial charge in [0.2, 0.25) is 0 Å². The zero-order valence-corrected chi connectivity index (χ0v) is 15.4. The van der Waals surface area contributed by atoms with Gasteiger partial charge >= 0.3 is 0 Å². The largest absolute Gasteiger partial charge is 0.491 e. The fourth-order valence-corrected chi connectivity index (χ4v) is 3.79. The van der Waals surface area contributed by atoms with Gasteiger partial charge in [0.1, 0.15) is 5.75 Å². The first-order valence-corrected chi connectivity index (χ1v) is 9.26. The zero-order valence-electron chi connectivity index (χ0n) is 14.6. The third-order valence-electron chi connectivity index (χ3n) is 4.04. The van der Waals surface area contributed by atoms with Gasteiger partial charge in [0.25, 0.3) is 10.2 Å². The Labute approximate surface area is 139 Å². The molecule has 0 unspecified atom stereocenters. The summed E-state index contributed by atoms with van der Waals surface area (Å²) < 4.78 is 33.2. The minimum Gasteiger partial charge on any atom is -0.491 e. The number of benzene rings is 1. The molecule has 1 aliphatic rings. The SMILES string of the molecule is CC(C)Oc1ccc([C@H]2CN(S(=O)(=O)N(C)C)CCN2C)cc1. The van der Waals surface area contributed by atoms with Crippen LogP contribution in [0, 0.1) is 0 Å². The number of rotatable bonds is 5. The van der Waals surface area contributed by atoms with E-state index in [0.717, 1.165) is 11.3 Å². The first-order chi connectivity index (χ1) is 10.7. The quantitative estimate of drug-likeness (QED) is 0.816. The molecule has 0 aliphatic carbocycles. The Morgan fingerprint density at radius 2 is 1.78 bits per heavy atom. The van der Waals surface area contributed by atoms with E-state index in [4.69, 9.17) is 4.74 Å². The second-order valence-electron chi connectivity index (χ2n) is 6.38. The number of hydrogen-bond acceptors (Lipinski definition) is 4. The Balaban J connectivity index is 2.17. The van der Waals surface area contributed by atoms with Crippen molar-refractivity contribution in [2.24, 2.45) is 0 Å². The summed E-state index contributed by atoms with van der Waals surface area (Å²) in [5.41, 5.74) is 1.10. The molecule has 0 amide bonds. The highest BCUT2D eigenvalue weighted by Crippen LogP contribution is 2.27. The molecule has 2 rings (SSSR count). The van der Waals surface area contributed by atoms with Crippen molar-refractivity contribution in [2.75, 3.05) is 40.8 Å². The smallest absolute Gasteiger partial charge is 0.281 e. The van der Waals surface area contributed by atoms with Crippen LogP contribution in [0.5, 0.6) is 5.75 Å². The summed E-state index contributed by atoms with van der Waals surface area (Å²) in [6, 6.07) is 7.98. The average Bonchev–Trinajstić information content (AvgIpc) is 2.47. The van der Waals surface area contributed by atoms with E-state index in [1.54, 1.807) is 18.4 Å². The van der Waals surface area contributed by atoms with Gasteiger partial charge in [0.05, 0.1) is 6.10 Å². The Kier molecular flexibility index (Phi) is 5.67. The minimum absolute atomic E-state index is 0.0478. The molecule has 130 valence electrons. The van der Waals surface area contributed by atoms with Crippen molar-refractivity contribution in [1.82, 2.24) is 13.5 Å². The number of ether oxygens (including phenoxy) is 1. The third kappa shape index (κ3) is 4.23. The summed E-state index contributed by atoms with van der Waals surface area (Å²) in [7, 11) is 1.80. The van der Waals surface area contributed by atoms with Gasteiger partial charge in [0, 0.05) is 39.8 Å². The summed E-state index contributed by atoms with van der Waals surface area (Å²) >= 11 is 0. The van der Waals surface area contributed by atoms with Crippen molar-refractivity contribution in [3.63, 3.8) is 0 Å². The van der Waals surface area contributed by atoms with Crippen LogP contribution in [0.4, 0.5) is 0 Å². The number of nitrogens with zero attached hydrogens (tertiary/aromatic N) is 3. The molecular weight excluding hydrogens is 314 g/mol. The second kappa shape index (κ2) is 7.17. The van der Waals surface area contributed by atoms with Crippen molar-refractivity contribution >= 4 is 10.2 Å². The molecule has 0 aromatic heterocycles. The van der Waals surface area contributed by atoms with Crippen LogP contribution in [-0.4, -0.2) is 68.8 Å². The first-order valence-electron chi connectivity index (χ1n) is 7.86. The van der Waals surface area contributed by atoms with Crippen molar-refractivity contribution < 1.29 is 13.2 Å². The van der Waals surface area contributed by atoms with Gasteiger partial charge in [-0.2, -0.15) is 17.0 Å². The number of likely N-dealkylation sites (N-methyl/N-ethyl adjacent to an activating group) is 1. The van der Waals surface area contributed by atoms with Gasteiger partial charge in [0.15, 0.2) is 0 Å². The van der Waals surface area contributed by atoms with E-state index >= 15 is 0 Å². The molecule has 1 aliphatic heterocycles. The van der Waals surface area contributed by atoms with Gasteiger partial charge in [-0.25, -0.2) is 0 Å². The molecule has 0 bridgehead atoms. The summed E-state index contributed by atoms with van der Waals surface area (Å²) in [4.78, 5) is 2.19. The van der Waals surface area contributed by atoms with E-state index in [0.29, 0.717) is 19.6 Å². The lowest BCUT2D eigenvalue weighted by molar-refractivity contribution is 0.144. The fourth-order valence-electron chi connectivity index (χ4n) is 2.69. The van der Waals surface area contributed by atoms with E-state index in [1.165, 1.54) is 4.31 Å². The van der Waals surface area contributed by atoms with Gasteiger partial charge in [-0.3, -0.25) is 4.90 Å². The molecule has 0 spiro atoms.